The lowest BCUT2D eigenvalue weighted by molar-refractivity contribution is 0.482. The van der Waals surface area contributed by atoms with Crippen LogP contribution in [-0.4, -0.2) is 23.4 Å². The maximum atomic E-state index is 14.2. The first-order chi connectivity index (χ1) is 15.4. The first kappa shape index (κ1) is 21.2. The Bertz CT molecular complexity index is 1340. The number of hydrogen-bond acceptors (Lipinski definition) is 8. The second kappa shape index (κ2) is 8.96. The Morgan fingerprint density at radius 2 is 1.62 bits per heavy atom. The molecule has 9 nitrogen and oxygen atoms in total. The van der Waals surface area contributed by atoms with Crippen LogP contribution in [0, 0.1) is 5.82 Å². The van der Waals surface area contributed by atoms with Crippen molar-refractivity contribution in [2.75, 3.05) is 10.6 Å². The van der Waals surface area contributed by atoms with Gasteiger partial charge < -0.3 is 15.4 Å². The highest BCUT2D eigenvalue weighted by molar-refractivity contribution is 7.89. The van der Waals surface area contributed by atoms with Gasteiger partial charge >= 0.3 is 0 Å². The summed E-state index contributed by atoms with van der Waals surface area (Å²) >= 11 is 0. The zero-order chi connectivity index (χ0) is 22.6. The van der Waals surface area contributed by atoms with Crippen molar-refractivity contribution in [1.82, 2.24) is 15.0 Å². The number of nitrogens with one attached hydrogen (secondary N) is 2. The molecule has 0 saturated heterocycles. The minimum Gasteiger partial charge on any atom is -0.457 e. The zero-order valence-corrected chi connectivity index (χ0v) is 17.3. The summed E-state index contributed by atoms with van der Waals surface area (Å²) in [5.41, 5.74) is 0.957. The Morgan fingerprint density at radius 3 is 2.34 bits per heavy atom. The van der Waals surface area contributed by atoms with Gasteiger partial charge in [0.05, 0.1) is 11.1 Å². The van der Waals surface area contributed by atoms with E-state index < -0.39 is 15.8 Å². The van der Waals surface area contributed by atoms with Crippen molar-refractivity contribution >= 4 is 33.2 Å². The standard InChI is InChI=1S/C21H17FN6O3S/c22-19-13-25-21(27-15-2-1-3-18(12-15)32(23,29)30)28-20(19)26-14-4-6-16(7-5-14)31-17-8-10-24-11-9-17/h1-13H,(H2,23,29,30)(H2,25,26,27,28). The van der Waals surface area contributed by atoms with Gasteiger partial charge in [-0.05, 0) is 54.6 Å². The Hall–Kier alpha value is -4.09. The lowest BCUT2D eigenvalue weighted by Gasteiger charge is -2.11. The summed E-state index contributed by atoms with van der Waals surface area (Å²) in [5, 5.41) is 10.9. The number of hydrogen-bond donors (Lipinski definition) is 3. The minimum absolute atomic E-state index is 0.0621. The molecule has 0 aliphatic heterocycles. The molecule has 0 fully saturated rings. The van der Waals surface area contributed by atoms with Crippen LogP contribution in [0.5, 0.6) is 11.5 Å². The fourth-order valence-electron chi connectivity index (χ4n) is 2.68. The highest BCUT2D eigenvalue weighted by atomic mass is 32.2. The molecule has 0 unspecified atom stereocenters. The molecular formula is C21H17FN6O3S. The Kier molecular flexibility index (Phi) is 5.92. The molecule has 2 heterocycles. The number of benzene rings is 2. The van der Waals surface area contributed by atoms with E-state index in [1.165, 1.54) is 18.2 Å². The smallest absolute Gasteiger partial charge is 0.238 e. The van der Waals surface area contributed by atoms with Crippen LogP contribution in [0.4, 0.5) is 27.5 Å². The molecule has 0 spiro atoms. The lowest BCUT2D eigenvalue weighted by Crippen LogP contribution is -2.12. The van der Waals surface area contributed by atoms with E-state index >= 15 is 0 Å². The summed E-state index contributed by atoms with van der Waals surface area (Å²) in [6, 6.07) is 16.1. The summed E-state index contributed by atoms with van der Waals surface area (Å²) in [5.74, 6) is 0.587. The van der Waals surface area contributed by atoms with E-state index in [4.69, 9.17) is 9.88 Å². The third-order valence-corrected chi connectivity index (χ3v) is 5.08. The second-order valence-electron chi connectivity index (χ2n) is 6.52. The van der Waals surface area contributed by atoms with Gasteiger partial charge in [-0.25, -0.2) is 22.9 Å². The average Bonchev–Trinajstić information content (AvgIpc) is 2.78. The van der Waals surface area contributed by atoms with E-state index in [0.29, 0.717) is 22.9 Å². The van der Waals surface area contributed by atoms with Crippen LogP contribution in [0.1, 0.15) is 0 Å². The van der Waals surface area contributed by atoms with Gasteiger partial charge in [0.15, 0.2) is 11.6 Å². The summed E-state index contributed by atoms with van der Waals surface area (Å²) < 4.78 is 43.0. The minimum atomic E-state index is -3.86. The summed E-state index contributed by atoms with van der Waals surface area (Å²) in [4.78, 5) is 11.9. The van der Waals surface area contributed by atoms with Crippen LogP contribution in [0.15, 0.2) is 84.1 Å². The van der Waals surface area contributed by atoms with E-state index in [9.17, 15) is 12.8 Å². The number of nitrogens with two attached hydrogens (primary N) is 1. The van der Waals surface area contributed by atoms with Gasteiger partial charge in [0.25, 0.3) is 0 Å². The Balaban J connectivity index is 1.48. The monoisotopic (exact) mass is 452 g/mol. The number of halogens is 1. The van der Waals surface area contributed by atoms with E-state index in [1.54, 1.807) is 54.9 Å². The number of sulfonamides is 1. The molecule has 0 aliphatic carbocycles. The van der Waals surface area contributed by atoms with Crippen LogP contribution in [-0.2, 0) is 10.0 Å². The number of aromatic nitrogens is 3. The molecule has 2 aromatic carbocycles. The van der Waals surface area contributed by atoms with Crippen LogP contribution in [0.2, 0.25) is 0 Å². The molecule has 32 heavy (non-hydrogen) atoms. The van der Waals surface area contributed by atoms with Crippen molar-refractivity contribution < 1.29 is 17.5 Å². The van der Waals surface area contributed by atoms with Crippen molar-refractivity contribution in [3.8, 4) is 11.5 Å². The molecule has 0 aliphatic rings. The topological polar surface area (TPSA) is 132 Å². The molecule has 0 bridgehead atoms. The lowest BCUT2D eigenvalue weighted by atomic mass is 10.3. The second-order valence-corrected chi connectivity index (χ2v) is 8.08. The van der Waals surface area contributed by atoms with Crippen LogP contribution in [0.3, 0.4) is 0 Å². The molecular weight excluding hydrogens is 435 g/mol. The Labute approximate surface area is 183 Å². The molecule has 0 atom stereocenters. The highest BCUT2D eigenvalue weighted by Crippen LogP contribution is 2.25. The van der Waals surface area contributed by atoms with Crippen molar-refractivity contribution in [3.05, 3.63) is 85.1 Å². The molecule has 2 aromatic heterocycles. The fourth-order valence-corrected chi connectivity index (χ4v) is 3.24. The number of anilines is 4. The predicted molar refractivity (Wildman–Crippen MR) is 117 cm³/mol. The molecule has 4 rings (SSSR count). The third kappa shape index (κ3) is 5.33. The third-order valence-electron chi connectivity index (χ3n) is 4.17. The van der Waals surface area contributed by atoms with Gasteiger partial charge in [-0.1, -0.05) is 6.07 Å². The molecule has 11 heteroatoms. The first-order valence-electron chi connectivity index (χ1n) is 9.24. The summed E-state index contributed by atoms with van der Waals surface area (Å²) in [6.45, 7) is 0. The Morgan fingerprint density at radius 1 is 0.906 bits per heavy atom. The van der Waals surface area contributed by atoms with Crippen LogP contribution in [0.25, 0.3) is 0 Å². The molecule has 0 amide bonds. The SMILES string of the molecule is NS(=O)(=O)c1cccc(Nc2ncc(F)c(Nc3ccc(Oc4ccncc4)cc3)n2)c1. The molecule has 162 valence electrons. The number of ether oxygens (including phenoxy) is 1. The highest BCUT2D eigenvalue weighted by Gasteiger charge is 2.11. The molecule has 4 N–H and O–H groups in total. The van der Waals surface area contributed by atoms with Crippen molar-refractivity contribution in [2.24, 2.45) is 5.14 Å². The molecule has 0 saturated carbocycles. The first-order valence-corrected chi connectivity index (χ1v) is 10.8. The van der Waals surface area contributed by atoms with E-state index in [0.717, 1.165) is 6.20 Å². The number of nitrogens with zero attached hydrogens (tertiary/aromatic N) is 3. The molecule has 4 aromatic rings. The van der Waals surface area contributed by atoms with Gasteiger partial charge in [0.1, 0.15) is 11.5 Å². The van der Waals surface area contributed by atoms with E-state index in [2.05, 4.69) is 25.6 Å². The van der Waals surface area contributed by atoms with Crippen molar-refractivity contribution in [2.45, 2.75) is 4.90 Å². The van der Waals surface area contributed by atoms with Crippen LogP contribution < -0.4 is 20.5 Å². The van der Waals surface area contributed by atoms with Gasteiger partial charge in [-0.3, -0.25) is 4.98 Å². The number of rotatable bonds is 7. The summed E-state index contributed by atoms with van der Waals surface area (Å²) in [7, 11) is -3.86. The maximum absolute atomic E-state index is 14.2. The van der Waals surface area contributed by atoms with Gasteiger partial charge in [0, 0.05) is 23.8 Å². The van der Waals surface area contributed by atoms with Gasteiger partial charge in [-0.15, -0.1) is 0 Å². The fraction of sp³-hybridized carbons (Fsp3) is 0. The number of pyridine rings is 1. The van der Waals surface area contributed by atoms with E-state index in [-0.39, 0.29) is 16.7 Å². The largest absolute Gasteiger partial charge is 0.457 e. The maximum Gasteiger partial charge on any atom is 0.238 e. The van der Waals surface area contributed by atoms with Gasteiger partial charge in [0.2, 0.25) is 16.0 Å². The quantitative estimate of drug-likeness (QED) is 0.384. The summed E-state index contributed by atoms with van der Waals surface area (Å²) in [6.07, 6.45) is 4.25. The van der Waals surface area contributed by atoms with E-state index in [1.807, 2.05) is 0 Å². The number of primary sulfonamides is 1. The predicted octanol–water partition coefficient (Wildman–Crippen LogP) is 3.94. The van der Waals surface area contributed by atoms with Crippen molar-refractivity contribution in [1.29, 1.82) is 0 Å². The normalized spacial score (nSPS) is 11.1. The molecule has 0 radical (unpaired) electrons. The van der Waals surface area contributed by atoms with Crippen LogP contribution >= 0.6 is 0 Å². The average molecular weight is 452 g/mol. The van der Waals surface area contributed by atoms with Crippen molar-refractivity contribution in [3.63, 3.8) is 0 Å². The van der Waals surface area contributed by atoms with Gasteiger partial charge in [-0.2, -0.15) is 4.98 Å². The zero-order valence-electron chi connectivity index (χ0n) is 16.4.